The van der Waals surface area contributed by atoms with Crippen LogP contribution in [0.3, 0.4) is 0 Å². The molecule has 1 unspecified atom stereocenters. The second-order valence-corrected chi connectivity index (χ2v) is 31.0. The maximum Gasteiger partial charge on any atom is 0.217 e. The van der Waals surface area contributed by atoms with Crippen LogP contribution in [-0.2, 0) is 109 Å². The van der Waals surface area contributed by atoms with Crippen molar-refractivity contribution < 1.29 is 252 Å². The van der Waals surface area contributed by atoms with Gasteiger partial charge in [-0.15, -0.1) is 0 Å². The van der Waals surface area contributed by atoms with Crippen LogP contribution < -0.4 is 21.3 Å². The largest absolute Gasteiger partial charge is 0.394 e. The molecule has 55 heteroatoms. The summed E-state index contributed by atoms with van der Waals surface area (Å²) in [4.78, 5) is 51.8. The number of ether oxygens (including phenoxy) is 19. The Labute approximate surface area is 695 Å². The van der Waals surface area contributed by atoms with Gasteiger partial charge in [0.25, 0.3) is 0 Å². The summed E-state index contributed by atoms with van der Waals surface area (Å²) in [5.74, 6) is -3.81. The van der Waals surface area contributed by atoms with Gasteiger partial charge in [0.1, 0.15) is 244 Å². The molecule has 0 aromatic heterocycles. The monoisotopic (exact) mass is 1800 g/mol. The topological polar surface area (TPSA) is 858 Å². The molecule has 10 aliphatic heterocycles. The first-order chi connectivity index (χ1) is 58.2. The molecule has 0 aromatic carbocycles. The Hall–Kier alpha value is -4.00. The first-order valence-corrected chi connectivity index (χ1v) is 39.1. The van der Waals surface area contributed by atoms with E-state index in [2.05, 4.69) is 21.3 Å². The van der Waals surface area contributed by atoms with Gasteiger partial charge in [-0.1, -0.05) is 0 Å². The third-order valence-electron chi connectivity index (χ3n) is 22.5. The Kier molecular flexibility index (Phi) is 36.4. The molecule has 4 amide bonds. The maximum absolute atomic E-state index is 13.2. The van der Waals surface area contributed by atoms with Gasteiger partial charge in [0, 0.05) is 27.7 Å². The lowest BCUT2D eigenvalue weighted by molar-refractivity contribution is -0.391. The lowest BCUT2D eigenvalue weighted by Crippen LogP contribution is -2.71. The molecule has 0 spiro atoms. The summed E-state index contributed by atoms with van der Waals surface area (Å²) in [6.07, 6.45) is -95.7. The molecule has 0 aliphatic carbocycles. The van der Waals surface area contributed by atoms with Crippen LogP contribution in [0.15, 0.2) is 0 Å². The summed E-state index contributed by atoms with van der Waals surface area (Å²) >= 11 is 0. The van der Waals surface area contributed by atoms with Gasteiger partial charge in [0.15, 0.2) is 62.9 Å². The van der Waals surface area contributed by atoms with E-state index in [0.29, 0.717) is 0 Å². The molecule has 50 atom stereocenters. The lowest BCUT2D eigenvalue weighted by atomic mass is 9.93. The van der Waals surface area contributed by atoms with Crippen LogP contribution in [0, 0.1) is 0 Å². The van der Waals surface area contributed by atoms with Crippen molar-refractivity contribution in [3.05, 3.63) is 0 Å². The highest BCUT2D eigenvalue weighted by Crippen LogP contribution is 2.41. The van der Waals surface area contributed by atoms with Crippen LogP contribution in [-0.4, -0.2) is 539 Å². The summed E-state index contributed by atoms with van der Waals surface area (Å²) < 4.78 is 111. The van der Waals surface area contributed by atoms with Gasteiger partial charge in [-0.05, 0) is 0 Å². The molecule has 10 rings (SSSR count). The number of amides is 4. The standard InChI is InChI=1S/C68H114N4O51/c1-15(82)69-29-40(93)51(116-65-48(101)56(37(90)23(9-77)109-65)122-63-45(98)43(96)33(86)19(5-73)107-63)25(11-79)112-60(29)105-14-28-39(92)58(121-62-31(71-17(3)84)41(94)52(26(12-80)114-62)117-66-49(102)57(38(91)24(10-78)110-66)123-64-46(99)44(97)34(87)20(6-74)108-64)50(103)68(115-28)118-53-27(13-81)113-61(30(42(53)95)70-16(2)83)120-55-36(89)22(8-76)111-67(47(55)100)119-54-32(72-18(4)85)59(104)106-21(7-75)35(54)88/h19-68,73-81,86-104H,5-14H2,1-4H3,(H,69,82)(H,70,83)(H,71,84)(H,72,85)/t19-,20-,21-,22-,23-,24-,25-,26-,27-,28-,29-,30-,31-,32-,33+,34+,35+,36+,37+,38+,39+,40-,41-,42-,43+,44+,45-,46-,47-,48-,49-,50-,51-,52-,53-,54-,55+,56+,57+,58+,59?,60-,61+,62+,63+,64+,65+,66+,67+,68+/m1/s1. The summed E-state index contributed by atoms with van der Waals surface area (Å²) in [6.45, 7) is -7.26. The smallest absolute Gasteiger partial charge is 0.217 e. The van der Waals surface area contributed by atoms with Gasteiger partial charge in [-0.3, -0.25) is 19.2 Å². The molecule has 10 saturated heterocycles. The van der Waals surface area contributed by atoms with Gasteiger partial charge in [-0.25, -0.2) is 0 Å². The van der Waals surface area contributed by atoms with E-state index in [0.717, 1.165) is 27.7 Å². The first kappa shape index (κ1) is 101. The Bertz CT molecular complexity index is 3310. The van der Waals surface area contributed by atoms with Crippen molar-refractivity contribution in [3.63, 3.8) is 0 Å². The fourth-order valence-electron chi connectivity index (χ4n) is 16.0. The predicted octanol–water partition coefficient (Wildman–Crippen LogP) is -22.2. The van der Waals surface area contributed by atoms with Crippen LogP contribution in [0.2, 0.25) is 0 Å². The Balaban J connectivity index is 0.943. The molecular weight excluding hydrogens is 1690 g/mol. The van der Waals surface area contributed by atoms with Crippen LogP contribution in [0.25, 0.3) is 0 Å². The Morgan fingerprint density at radius 2 is 0.423 bits per heavy atom. The van der Waals surface area contributed by atoms with Crippen molar-refractivity contribution in [1.29, 1.82) is 0 Å². The van der Waals surface area contributed by atoms with Gasteiger partial charge in [0.05, 0.1) is 66.1 Å². The van der Waals surface area contributed by atoms with Crippen molar-refractivity contribution in [3.8, 4) is 0 Å². The molecule has 10 heterocycles. The average Bonchev–Trinajstić information content (AvgIpc) is 0.742. The lowest BCUT2D eigenvalue weighted by Gasteiger charge is -2.51. The van der Waals surface area contributed by atoms with Crippen molar-refractivity contribution in [1.82, 2.24) is 21.3 Å². The number of nitrogens with one attached hydrogen (secondary N) is 4. The number of aliphatic hydroxyl groups is 28. The average molecular weight is 1800 g/mol. The fraction of sp³-hybridized carbons (Fsp3) is 0.941. The molecule has 32 N–H and O–H groups in total. The van der Waals surface area contributed by atoms with Crippen molar-refractivity contribution in [2.75, 3.05) is 66.1 Å². The van der Waals surface area contributed by atoms with Crippen molar-refractivity contribution in [2.24, 2.45) is 0 Å². The van der Waals surface area contributed by atoms with Crippen molar-refractivity contribution >= 4 is 23.6 Å². The predicted molar refractivity (Wildman–Crippen MR) is 376 cm³/mol. The maximum atomic E-state index is 13.2. The Morgan fingerprint density at radius 3 is 0.724 bits per heavy atom. The minimum atomic E-state index is -2.57. The molecule has 712 valence electrons. The number of aliphatic hydroxyl groups excluding tert-OH is 28. The van der Waals surface area contributed by atoms with E-state index in [-0.39, 0.29) is 0 Å². The summed E-state index contributed by atoms with van der Waals surface area (Å²) in [7, 11) is 0. The highest BCUT2D eigenvalue weighted by molar-refractivity contribution is 5.74. The van der Waals surface area contributed by atoms with Gasteiger partial charge in [0.2, 0.25) is 23.6 Å². The van der Waals surface area contributed by atoms with Crippen LogP contribution in [0.1, 0.15) is 27.7 Å². The van der Waals surface area contributed by atoms with E-state index < -0.39 is 397 Å². The molecule has 55 nitrogen and oxygen atoms in total. The van der Waals surface area contributed by atoms with Crippen LogP contribution in [0.5, 0.6) is 0 Å². The molecule has 10 fully saturated rings. The van der Waals surface area contributed by atoms with E-state index in [1.807, 2.05) is 0 Å². The highest BCUT2D eigenvalue weighted by Gasteiger charge is 2.62. The summed E-state index contributed by atoms with van der Waals surface area (Å²) in [6, 6.07) is -7.72. The number of hydrogen-bond donors (Lipinski definition) is 32. The van der Waals surface area contributed by atoms with Crippen LogP contribution >= 0.6 is 0 Å². The van der Waals surface area contributed by atoms with E-state index in [9.17, 15) is 162 Å². The quantitative estimate of drug-likeness (QED) is 0.0297. The third kappa shape index (κ3) is 22.3. The van der Waals surface area contributed by atoms with E-state index in [4.69, 9.17) is 90.0 Å². The van der Waals surface area contributed by atoms with Crippen LogP contribution in [0.4, 0.5) is 0 Å². The summed E-state index contributed by atoms with van der Waals surface area (Å²) in [5.41, 5.74) is 0. The van der Waals surface area contributed by atoms with Crippen molar-refractivity contribution in [2.45, 2.75) is 335 Å². The highest BCUT2D eigenvalue weighted by atomic mass is 16.8. The number of carbonyl (C=O) groups excluding carboxylic acids is 4. The number of carbonyl (C=O) groups is 4. The third-order valence-corrected chi connectivity index (χ3v) is 22.5. The first-order valence-electron chi connectivity index (χ1n) is 39.1. The van der Waals surface area contributed by atoms with E-state index in [1.54, 1.807) is 0 Å². The SMILES string of the molecule is CC(=O)N[C@H]1[C@H](OC[C@H]2O[C@@H](O[C@H]3[C@H](O)[C@@H](NC(C)=O)[C@H](O[C@H]4[C@@H](O)[C@@H](CO)O[C@@H](O[C@H]5[C@@H](O)[C@@H](CO)OC(O)[C@@H]5NC(C)=O)[C@@H]4O)O[C@@H]3CO)[C@H](O)[C@@H](O[C@@H]3O[C@H](CO)[C@@H](O[C@@H]4O[C@H](CO)[C@H](O)[C@H](O[C@@H]5O[C@H](CO)[C@H](O)[C@H](O)[C@H]5O)[C@H]4O)[C@H](O)[C@H]3NC(C)=O)[C@H]2O)O[C@H](CO)[C@@H](O[C@@H]2O[C@H](CO)[C@H](O)[C@H](O[C@@H]3O[C@H](CO)[C@H](O)[C@H](O)[C@H]3O)[C@H]2O)[C@@H]1O. The second kappa shape index (κ2) is 44.3. The molecule has 0 saturated carbocycles. The zero-order valence-electron chi connectivity index (χ0n) is 65.9. The molecule has 0 aromatic rings. The number of hydrogen-bond acceptors (Lipinski definition) is 51. The van der Waals surface area contributed by atoms with Gasteiger partial charge >= 0.3 is 0 Å². The molecular formula is C68H114N4O51. The molecule has 0 bridgehead atoms. The normalized spacial score (nSPS) is 49.4. The molecule has 0 radical (unpaired) electrons. The Morgan fingerprint density at radius 1 is 0.211 bits per heavy atom. The second-order valence-electron chi connectivity index (χ2n) is 31.0. The zero-order chi connectivity index (χ0) is 90.5. The van der Waals surface area contributed by atoms with Gasteiger partial charge < -0.3 is 254 Å². The fourth-order valence-corrected chi connectivity index (χ4v) is 16.0. The van der Waals surface area contributed by atoms with E-state index >= 15 is 0 Å². The minimum Gasteiger partial charge on any atom is -0.394 e. The molecule has 10 aliphatic rings. The molecule has 123 heavy (non-hydrogen) atoms. The number of rotatable bonds is 32. The zero-order valence-corrected chi connectivity index (χ0v) is 65.9. The van der Waals surface area contributed by atoms with E-state index in [1.165, 1.54) is 0 Å². The van der Waals surface area contributed by atoms with Gasteiger partial charge in [-0.2, -0.15) is 0 Å². The summed E-state index contributed by atoms with van der Waals surface area (Å²) in [5, 5.41) is 320. The minimum absolute atomic E-state index is 0.813.